The van der Waals surface area contributed by atoms with E-state index in [1.54, 1.807) is 12.3 Å². The molecule has 3 heterocycles. The van der Waals surface area contributed by atoms with Gasteiger partial charge in [0.05, 0.1) is 6.10 Å². The van der Waals surface area contributed by atoms with E-state index in [0.29, 0.717) is 5.69 Å². The summed E-state index contributed by atoms with van der Waals surface area (Å²) in [6.07, 6.45) is 0.718. The van der Waals surface area contributed by atoms with Crippen molar-refractivity contribution in [3.8, 4) is 0 Å². The first-order chi connectivity index (χ1) is 9.46. The van der Waals surface area contributed by atoms with Crippen LogP contribution in [0.4, 0.5) is 4.79 Å². The Morgan fingerprint density at radius 2 is 2.45 bits per heavy atom. The third-order valence-corrected chi connectivity index (χ3v) is 3.73. The van der Waals surface area contributed by atoms with Crippen LogP contribution in [0.1, 0.15) is 16.9 Å². The number of carbonyl (C=O) groups is 2. The monoisotopic (exact) mass is 344 g/mol. The Bertz CT molecular complexity index is 562. The number of rotatable bonds is 3. The predicted molar refractivity (Wildman–Crippen MR) is 70.7 cm³/mol. The summed E-state index contributed by atoms with van der Waals surface area (Å²) in [7, 11) is 0. The first kappa shape index (κ1) is 13.4. The van der Waals surface area contributed by atoms with E-state index >= 15 is 0 Å². The van der Waals surface area contributed by atoms with Gasteiger partial charge in [-0.15, -0.1) is 0 Å². The molecule has 2 fully saturated rings. The molecular formula is C11H13BrN4O4. The van der Waals surface area contributed by atoms with Gasteiger partial charge < -0.3 is 30.8 Å². The normalized spacial score (nSPS) is 31.6. The molecule has 0 saturated carbocycles. The number of nitrogens with one attached hydrogen (secondary N) is 4. The lowest BCUT2D eigenvalue weighted by atomic mass is 10.1. The number of hydrogen-bond acceptors (Lipinski definition) is 4. The Morgan fingerprint density at radius 3 is 3.10 bits per heavy atom. The van der Waals surface area contributed by atoms with Crippen molar-refractivity contribution >= 4 is 27.9 Å². The third kappa shape index (κ3) is 2.39. The number of urea groups is 1. The van der Waals surface area contributed by atoms with Gasteiger partial charge in [-0.2, -0.15) is 0 Å². The molecule has 1 aromatic heterocycles. The first-order valence-electron chi connectivity index (χ1n) is 6.05. The molecule has 5 N–H and O–H groups in total. The van der Waals surface area contributed by atoms with Gasteiger partial charge in [0.1, 0.15) is 5.69 Å². The highest BCUT2D eigenvalue weighted by atomic mass is 79.9. The fraction of sp³-hybridized carbons (Fsp3) is 0.455. The van der Waals surface area contributed by atoms with Gasteiger partial charge in [-0.1, -0.05) is 0 Å². The Labute approximate surface area is 122 Å². The highest BCUT2D eigenvalue weighted by Crippen LogP contribution is 2.29. The number of aromatic amines is 1. The second-order valence-corrected chi connectivity index (χ2v) is 5.72. The smallest absolute Gasteiger partial charge is 0.319 e. The van der Waals surface area contributed by atoms with Crippen molar-refractivity contribution in [2.45, 2.75) is 24.5 Å². The van der Waals surface area contributed by atoms with Crippen LogP contribution in [0.3, 0.4) is 0 Å². The van der Waals surface area contributed by atoms with Crippen LogP contribution in [-0.4, -0.2) is 46.6 Å². The summed E-state index contributed by atoms with van der Waals surface area (Å²) >= 11 is 3.25. The quantitative estimate of drug-likeness (QED) is 0.514. The van der Waals surface area contributed by atoms with E-state index in [1.165, 1.54) is 0 Å². The number of halogens is 1. The fourth-order valence-electron chi connectivity index (χ4n) is 2.35. The molecule has 108 valence electrons. The lowest BCUT2D eigenvalue weighted by Gasteiger charge is -2.17. The third-order valence-electron chi connectivity index (χ3n) is 3.28. The molecule has 0 aromatic carbocycles. The molecule has 8 nitrogen and oxygen atoms in total. The van der Waals surface area contributed by atoms with Crippen LogP contribution in [0.2, 0.25) is 0 Å². The Morgan fingerprint density at radius 1 is 1.65 bits per heavy atom. The minimum atomic E-state index is -1.40. The highest BCUT2D eigenvalue weighted by Gasteiger charge is 2.53. The van der Waals surface area contributed by atoms with Gasteiger partial charge in [0.15, 0.2) is 12.0 Å². The zero-order chi connectivity index (χ0) is 14.3. The number of aromatic nitrogens is 1. The van der Waals surface area contributed by atoms with Crippen LogP contribution < -0.4 is 16.0 Å². The first-order valence-corrected chi connectivity index (χ1v) is 6.84. The summed E-state index contributed by atoms with van der Waals surface area (Å²) in [6, 6.07) is 1.20. The molecule has 2 aliphatic rings. The van der Waals surface area contributed by atoms with Crippen molar-refractivity contribution in [2.24, 2.45) is 0 Å². The maximum atomic E-state index is 11.8. The van der Waals surface area contributed by atoms with Gasteiger partial charge in [0.25, 0.3) is 5.91 Å². The van der Waals surface area contributed by atoms with Gasteiger partial charge >= 0.3 is 6.03 Å². The molecule has 0 bridgehead atoms. The van der Waals surface area contributed by atoms with E-state index in [-0.39, 0.29) is 25.0 Å². The molecule has 3 amide bonds. The molecule has 0 unspecified atom stereocenters. The summed E-state index contributed by atoms with van der Waals surface area (Å²) in [6.45, 7) is 0.242. The lowest BCUT2D eigenvalue weighted by Crippen LogP contribution is -2.46. The second kappa shape index (κ2) is 4.76. The number of H-pyrrole nitrogens is 1. The zero-order valence-electron chi connectivity index (χ0n) is 10.3. The Hall–Kier alpha value is -1.58. The SMILES string of the molecule is O=C1N[C@H]2O[C@H](CNC(=O)c3cc(Br)c[nH]3)C[C@@]2(O)N1. The standard InChI is InChI=1S/C11H13BrN4O4/c12-5-1-7(13-3-5)8(17)14-4-6-2-11(19)9(20-6)15-10(18)16-11/h1,3,6,9,13,19H,2,4H2,(H,14,17)(H2,15,16,18)/t6-,9-,11-/m0/s1. The molecular weight excluding hydrogens is 332 g/mol. The molecule has 20 heavy (non-hydrogen) atoms. The predicted octanol–water partition coefficient (Wildman–Crippen LogP) is -0.377. The van der Waals surface area contributed by atoms with Crippen molar-refractivity contribution in [1.82, 2.24) is 20.9 Å². The van der Waals surface area contributed by atoms with E-state index in [9.17, 15) is 14.7 Å². The number of hydrogen-bond donors (Lipinski definition) is 5. The lowest BCUT2D eigenvalue weighted by molar-refractivity contribution is -0.0458. The second-order valence-electron chi connectivity index (χ2n) is 4.81. The van der Waals surface area contributed by atoms with Gasteiger partial charge in [-0.3, -0.25) is 4.79 Å². The van der Waals surface area contributed by atoms with Crippen molar-refractivity contribution in [2.75, 3.05) is 6.54 Å². The average Bonchev–Trinajstić information content (AvgIpc) is 2.98. The van der Waals surface area contributed by atoms with Gasteiger partial charge in [0, 0.05) is 23.6 Å². The molecule has 0 spiro atoms. The van der Waals surface area contributed by atoms with Crippen molar-refractivity contribution in [3.05, 3.63) is 22.4 Å². The van der Waals surface area contributed by atoms with Crippen LogP contribution in [0.5, 0.6) is 0 Å². The van der Waals surface area contributed by atoms with Crippen molar-refractivity contribution < 1.29 is 19.4 Å². The molecule has 2 aliphatic heterocycles. The Balaban J connectivity index is 1.53. The summed E-state index contributed by atoms with van der Waals surface area (Å²) in [5, 5.41) is 17.7. The summed E-state index contributed by atoms with van der Waals surface area (Å²) in [5.41, 5.74) is -0.970. The molecule has 2 saturated heterocycles. The number of ether oxygens (including phenoxy) is 1. The van der Waals surface area contributed by atoms with Crippen molar-refractivity contribution in [1.29, 1.82) is 0 Å². The molecule has 0 aliphatic carbocycles. The van der Waals surface area contributed by atoms with Crippen LogP contribution >= 0.6 is 15.9 Å². The Kier molecular flexibility index (Phi) is 3.19. The minimum absolute atomic E-state index is 0.213. The van der Waals surface area contributed by atoms with Crippen LogP contribution in [0.25, 0.3) is 0 Å². The van der Waals surface area contributed by atoms with E-state index in [1.807, 2.05) is 0 Å². The largest absolute Gasteiger partial charge is 0.367 e. The topological polar surface area (TPSA) is 115 Å². The van der Waals surface area contributed by atoms with Crippen LogP contribution in [0.15, 0.2) is 16.7 Å². The fourth-order valence-corrected chi connectivity index (χ4v) is 2.69. The molecule has 3 atom stereocenters. The van der Waals surface area contributed by atoms with Gasteiger partial charge in [0.2, 0.25) is 0 Å². The van der Waals surface area contributed by atoms with E-state index in [4.69, 9.17) is 4.74 Å². The number of aliphatic hydroxyl groups is 1. The molecule has 3 rings (SSSR count). The number of fused-ring (bicyclic) bond motifs is 1. The molecule has 0 radical (unpaired) electrons. The average molecular weight is 345 g/mol. The molecule has 9 heteroatoms. The zero-order valence-corrected chi connectivity index (χ0v) is 11.9. The summed E-state index contributed by atoms with van der Waals surface area (Å²) in [4.78, 5) is 25.7. The van der Waals surface area contributed by atoms with E-state index in [0.717, 1.165) is 4.47 Å². The maximum Gasteiger partial charge on any atom is 0.319 e. The summed E-state index contributed by atoms with van der Waals surface area (Å²) in [5.74, 6) is -0.264. The number of carbonyl (C=O) groups excluding carboxylic acids is 2. The van der Waals surface area contributed by atoms with Crippen LogP contribution in [-0.2, 0) is 4.74 Å². The van der Waals surface area contributed by atoms with Gasteiger partial charge in [-0.25, -0.2) is 4.79 Å². The molecule has 1 aromatic rings. The minimum Gasteiger partial charge on any atom is -0.367 e. The van der Waals surface area contributed by atoms with Crippen molar-refractivity contribution in [3.63, 3.8) is 0 Å². The van der Waals surface area contributed by atoms with Gasteiger partial charge in [-0.05, 0) is 22.0 Å². The van der Waals surface area contributed by atoms with E-state index in [2.05, 4.69) is 36.9 Å². The number of amides is 3. The van der Waals surface area contributed by atoms with E-state index < -0.39 is 18.0 Å². The van der Waals surface area contributed by atoms with Crippen LogP contribution in [0, 0.1) is 0 Å². The summed E-state index contributed by atoms with van der Waals surface area (Å²) < 4.78 is 6.26. The highest BCUT2D eigenvalue weighted by molar-refractivity contribution is 9.10. The maximum absolute atomic E-state index is 11.8.